The first-order valence-electron chi connectivity index (χ1n) is 8.38. The molecule has 1 aliphatic rings. The van der Waals surface area contributed by atoms with E-state index in [0.717, 1.165) is 43.9 Å². The van der Waals surface area contributed by atoms with Crippen LogP contribution in [0.3, 0.4) is 0 Å². The zero-order chi connectivity index (χ0) is 17.1. The van der Waals surface area contributed by atoms with E-state index in [1.54, 1.807) is 0 Å². The Labute approximate surface area is 146 Å². The Morgan fingerprint density at radius 3 is 2.79 bits per heavy atom. The molecule has 1 aliphatic heterocycles. The number of carbonyl (C=O) groups is 1. The van der Waals surface area contributed by atoms with E-state index in [0.29, 0.717) is 17.0 Å². The summed E-state index contributed by atoms with van der Waals surface area (Å²) >= 11 is 1.45. The van der Waals surface area contributed by atoms with Crippen LogP contribution in [0.15, 0.2) is 11.6 Å². The predicted octanol–water partition coefficient (Wildman–Crippen LogP) is 2.05. The Kier molecular flexibility index (Phi) is 5.25. The first-order valence-corrected chi connectivity index (χ1v) is 9.26. The number of nitrogens with one attached hydrogen (secondary N) is 1. The van der Waals surface area contributed by atoms with Crippen LogP contribution in [-0.2, 0) is 6.54 Å². The third-order valence-corrected chi connectivity index (χ3v) is 5.19. The number of likely N-dealkylation sites (tertiary alicyclic amines) is 1. The number of aromatic nitrogens is 4. The molecule has 1 saturated heterocycles. The second-order valence-electron chi connectivity index (χ2n) is 6.48. The van der Waals surface area contributed by atoms with Crippen molar-refractivity contribution in [3.63, 3.8) is 0 Å². The molecule has 0 aromatic carbocycles. The lowest BCUT2D eigenvalue weighted by Gasteiger charge is -2.31. The molecule has 7 nitrogen and oxygen atoms in total. The summed E-state index contributed by atoms with van der Waals surface area (Å²) in [7, 11) is 1.90. The highest BCUT2D eigenvalue weighted by atomic mass is 32.1. The van der Waals surface area contributed by atoms with E-state index in [1.165, 1.54) is 11.3 Å². The average Bonchev–Trinajstić information content (AvgIpc) is 3.24. The summed E-state index contributed by atoms with van der Waals surface area (Å²) in [5, 5.41) is 14.1. The third kappa shape index (κ3) is 3.64. The monoisotopic (exact) mass is 348 g/mol. The lowest BCUT2D eigenvalue weighted by molar-refractivity contribution is 0.0688. The summed E-state index contributed by atoms with van der Waals surface area (Å²) < 4.78 is 1.94. The van der Waals surface area contributed by atoms with Crippen molar-refractivity contribution in [3.8, 4) is 0 Å². The van der Waals surface area contributed by atoms with Gasteiger partial charge in [-0.2, -0.15) is 0 Å². The number of thiazole rings is 1. The van der Waals surface area contributed by atoms with Crippen molar-refractivity contribution in [2.75, 3.05) is 20.1 Å². The van der Waals surface area contributed by atoms with Crippen LogP contribution in [-0.4, -0.2) is 50.9 Å². The van der Waals surface area contributed by atoms with Gasteiger partial charge in [-0.15, -0.1) is 16.4 Å². The summed E-state index contributed by atoms with van der Waals surface area (Å²) in [6.07, 6.45) is 3.79. The summed E-state index contributed by atoms with van der Waals surface area (Å²) in [5.41, 5.74) is 1.94. The van der Waals surface area contributed by atoms with Gasteiger partial charge < -0.3 is 10.2 Å². The summed E-state index contributed by atoms with van der Waals surface area (Å²) in [4.78, 5) is 19.0. The Bertz CT molecular complexity index is 686. The Morgan fingerprint density at radius 2 is 2.17 bits per heavy atom. The van der Waals surface area contributed by atoms with Gasteiger partial charge in [-0.05, 0) is 25.8 Å². The normalized spacial score (nSPS) is 16.1. The van der Waals surface area contributed by atoms with Gasteiger partial charge in [0, 0.05) is 25.0 Å². The molecule has 0 aliphatic carbocycles. The number of piperidine rings is 1. The first-order chi connectivity index (χ1) is 11.6. The molecule has 0 unspecified atom stereocenters. The number of hydrogen-bond acceptors (Lipinski definition) is 6. The highest BCUT2D eigenvalue weighted by Crippen LogP contribution is 2.24. The van der Waals surface area contributed by atoms with Gasteiger partial charge >= 0.3 is 0 Å². The SMILES string of the molecule is CNCc1cn(C2CCN(C(=O)c3nc(C(C)C)cs3)CC2)nn1. The maximum Gasteiger partial charge on any atom is 0.282 e. The largest absolute Gasteiger partial charge is 0.336 e. The molecular formula is C16H24N6OS. The van der Waals surface area contributed by atoms with Crippen molar-refractivity contribution in [2.24, 2.45) is 0 Å². The molecule has 0 saturated carbocycles. The van der Waals surface area contributed by atoms with Crippen LogP contribution in [0.25, 0.3) is 0 Å². The van der Waals surface area contributed by atoms with Gasteiger partial charge in [-0.25, -0.2) is 9.67 Å². The molecule has 8 heteroatoms. The van der Waals surface area contributed by atoms with Crippen LogP contribution in [0.5, 0.6) is 0 Å². The molecule has 0 radical (unpaired) electrons. The Morgan fingerprint density at radius 1 is 1.42 bits per heavy atom. The van der Waals surface area contributed by atoms with Crippen LogP contribution in [0, 0.1) is 0 Å². The van der Waals surface area contributed by atoms with Crippen LogP contribution < -0.4 is 5.32 Å². The maximum atomic E-state index is 12.6. The summed E-state index contributed by atoms with van der Waals surface area (Å²) in [6, 6.07) is 0.315. The fourth-order valence-electron chi connectivity index (χ4n) is 2.87. The van der Waals surface area contributed by atoms with E-state index < -0.39 is 0 Å². The summed E-state index contributed by atoms with van der Waals surface area (Å²) in [6.45, 7) is 6.38. The minimum Gasteiger partial charge on any atom is -0.336 e. The molecule has 130 valence electrons. The van der Waals surface area contributed by atoms with Crippen LogP contribution in [0.2, 0.25) is 0 Å². The molecule has 3 heterocycles. The Hall–Kier alpha value is -1.80. The number of nitrogens with zero attached hydrogens (tertiary/aromatic N) is 5. The minimum atomic E-state index is 0.0554. The average molecular weight is 348 g/mol. The standard InChI is InChI=1S/C16H24N6OS/c1-11(2)14-10-24-15(18-14)16(23)21-6-4-13(5-7-21)22-9-12(8-17-3)19-20-22/h9-11,13,17H,4-8H2,1-3H3. The molecule has 2 aromatic heterocycles. The van der Waals surface area contributed by atoms with Crippen molar-refractivity contribution in [1.82, 2.24) is 30.2 Å². The van der Waals surface area contributed by atoms with Crippen molar-refractivity contribution >= 4 is 17.2 Å². The number of carbonyl (C=O) groups excluding carboxylic acids is 1. The van der Waals surface area contributed by atoms with Crippen LogP contribution in [0.4, 0.5) is 0 Å². The van der Waals surface area contributed by atoms with Gasteiger partial charge in [0.05, 0.1) is 23.6 Å². The van der Waals surface area contributed by atoms with Crippen molar-refractivity contribution in [3.05, 3.63) is 28.0 Å². The minimum absolute atomic E-state index is 0.0554. The second kappa shape index (κ2) is 7.40. The molecule has 0 atom stereocenters. The molecule has 2 aromatic rings. The maximum absolute atomic E-state index is 12.6. The summed E-state index contributed by atoms with van der Waals surface area (Å²) in [5.74, 6) is 0.410. The van der Waals surface area contributed by atoms with E-state index in [-0.39, 0.29) is 5.91 Å². The molecule has 1 fully saturated rings. The fraction of sp³-hybridized carbons (Fsp3) is 0.625. The zero-order valence-electron chi connectivity index (χ0n) is 14.4. The molecule has 1 N–H and O–H groups in total. The zero-order valence-corrected chi connectivity index (χ0v) is 15.2. The fourth-order valence-corrected chi connectivity index (χ4v) is 3.82. The highest BCUT2D eigenvalue weighted by Gasteiger charge is 2.27. The van der Waals surface area contributed by atoms with Crippen molar-refractivity contribution in [1.29, 1.82) is 0 Å². The molecule has 3 rings (SSSR count). The quantitative estimate of drug-likeness (QED) is 0.895. The molecular weight excluding hydrogens is 324 g/mol. The third-order valence-electron chi connectivity index (χ3n) is 4.34. The smallest absolute Gasteiger partial charge is 0.282 e. The topological polar surface area (TPSA) is 75.9 Å². The van der Waals surface area contributed by atoms with E-state index in [9.17, 15) is 4.79 Å². The first kappa shape index (κ1) is 17.0. The van der Waals surface area contributed by atoms with Crippen molar-refractivity contribution < 1.29 is 4.79 Å². The van der Waals surface area contributed by atoms with E-state index in [1.807, 2.05) is 28.2 Å². The number of hydrogen-bond donors (Lipinski definition) is 1. The predicted molar refractivity (Wildman–Crippen MR) is 93.2 cm³/mol. The lowest BCUT2D eigenvalue weighted by Crippen LogP contribution is -2.39. The molecule has 0 bridgehead atoms. The Balaban J connectivity index is 1.58. The van der Waals surface area contributed by atoms with Crippen molar-refractivity contribution in [2.45, 2.75) is 45.2 Å². The van der Waals surface area contributed by atoms with E-state index >= 15 is 0 Å². The van der Waals surface area contributed by atoms with Gasteiger partial charge in [-0.1, -0.05) is 19.1 Å². The van der Waals surface area contributed by atoms with E-state index in [2.05, 4.69) is 34.5 Å². The molecule has 0 spiro atoms. The molecule has 1 amide bonds. The number of rotatable bonds is 5. The van der Waals surface area contributed by atoms with E-state index in [4.69, 9.17) is 0 Å². The highest BCUT2D eigenvalue weighted by molar-refractivity contribution is 7.11. The lowest BCUT2D eigenvalue weighted by atomic mass is 10.1. The molecule has 24 heavy (non-hydrogen) atoms. The number of amides is 1. The van der Waals surface area contributed by atoms with Gasteiger partial charge in [0.15, 0.2) is 5.01 Å². The van der Waals surface area contributed by atoms with Gasteiger partial charge in [0.1, 0.15) is 0 Å². The second-order valence-corrected chi connectivity index (χ2v) is 7.33. The van der Waals surface area contributed by atoms with Crippen LogP contribution in [0.1, 0.15) is 59.8 Å². The van der Waals surface area contributed by atoms with Gasteiger partial charge in [-0.3, -0.25) is 4.79 Å². The van der Waals surface area contributed by atoms with Crippen LogP contribution >= 0.6 is 11.3 Å². The van der Waals surface area contributed by atoms with Gasteiger partial charge in [0.25, 0.3) is 5.91 Å². The van der Waals surface area contributed by atoms with Gasteiger partial charge in [0.2, 0.25) is 0 Å².